The van der Waals surface area contributed by atoms with Gasteiger partial charge in [-0.3, -0.25) is 0 Å². The fourth-order valence-electron chi connectivity index (χ4n) is 11.3. The summed E-state index contributed by atoms with van der Waals surface area (Å²) in [5, 5.41) is 10.9. The minimum absolute atomic E-state index is 0.0665. The van der Waals surface area contributed by atoms with Crippen molar-refractivity contribution in [1.29, 1.82) is 0 Å². The van der Waals surface area contributed by atoms with Crippen LogP contribution in [0.3, 0.4) is 0 Å². The predicted octanol–water partition coefficient (Wildman–Crippen LogP) is 8.02. The van der Waals surface area contributed by atoms with Crippen molar-refractivity contribution in [2.45, 2.75) is 119 Å². The Hall–Kier alpha value is -0.300. The molecule has 0 aromatic carbocycles. The first-order valence-corrected chi connectivity index (χ1v) is 13.7. The topological polar surface area (TPSA) is 20.2 Å². The van der Waals surface area contributed by atoms with Crippen LogP contribution in [0.1, 0.15) is 113 Å². The summed E-state index contributed by atoms with van der Waals surface area (Å²) >= 11 is 0. The number of hydrogen-bond acceptors (Lipinski definition) is 1. The third-order valence-electron chi connectivity index (χ3n) is 13.5. The van der Waals surface area contributed by atoms with Gasteiger partial charge in [0.25, 0.3) is 0 Å². The van der Waals surface area contributed by atoms with Crippen LogP contribution in [0.2, 0.25) is 0 Å². The van der Waals surface area contributed by atoms with Crippen LogP contribution in [0.25, 0.3) is 0 Å². The summed E-state index contributed by atoms with van der Waals surface area (Å²) in [4.78, 5) is 0. The molecule has 5 aliphatic rings. The molecule has 0 unspecified atom stereocenters. The van der Waals surface area contributed by atoms with Crippen molar-refractivity contribution in [2.75, 3.05) is 0 Å². The van der Waals surface area contributed by atoms with Gasteiger partial charge in [-0.25, -0.2) is 0 Å². The molecule has 5 aliphatic carbocycles. The minimum atomic E-state index is -0.116. The molecule has 1 nitrogen and oxygen atoms in total. The molecule has 0 aromatic rings. The molecule has 176 valence electrons. The molecule has 0 radical (unpaired) electrons. The van der Waals surface area contributed by atoms with E-state index < -0.39 is 0 Å². The third kappa shape index (κ3) is 2.65. The summed E-state index contributed by atoms with van der Waals surface area (Å²) in [5.74, 6) is 4.00. The molecular weight excluding hydrogens is 376 g/mol. The van der Waals surface area contributed by atoms with Crippen molar-refractivity contribution < 1.29 is 5.11 Å². The lowest BCUT2D eigenvalue weighted by Crippen LogP contribution is -2.67. The first-order valence-electron chi connectivity index (χ1n) is 13.7. The van der Waals surface area contributed by atoms with Crippen LogP contribution in [0, 0.1) is 56.7 Å². The zero-order chi connectivity index (χ0) is 22.6. The summed E-state index contributed by atoms with van der Waals surface area (Å²) in [6.07, 6.45) is 14.5. The number of hydrogen-bond donors (Lipinski definition) is 1. The van der Waals surface area contributed by atoms with E-state index in [2.05, 4.69) is 61.5 Å². The van der Waals surface area contributed by atoms with E-state index in [9.17, 15) is 5.11 Å². The molecule has 0 saturated heterocycles. The molecule has 0 spiro atoms. The Morgan fingerprint density at radius 3 is 2.23 bits per heavy atom. The van der Waals surface area contributed by atoms with Gasteiger partial charge in [-0.2, -0.15) is 0 Å². The van der Waals surface area contributed by atoms with Gasteiger partial charge in [0.1, 0.15) is 0 Å². The monoisotopic (exact) mass is 426 g/mol. The highest BCUT2D eigenvalue weighted by Gasteiger charge is 2.69. The lowest BCUT2D eigenvalue weighted by molar-refractivity contribution is -0.250. The molecule has 5 rings (SSSR count). The van der Waals surface area contributed by atoms with Gasteiger partial charge in [0, 0.05) is 0 Å². The van der Waals surface area contributed by atoms with E-state index in [1.807, 2.05) is 0 Å². The fourth-order valence-corrected chi connectivity index (χ4v) is 11.3. The Balaban J connectivity index is 1.55. The molecule has 0 amide bonds. The number of aliphatic hydroxyl groups excluding tert-OH is 1. The van der Waals surface area contributed by atoms with Crippen molar-refractivity contribution in [3.05, 3.63) is 11.6 Å². The van der Waals surface area contributed by atoms with Gasteiger partial charge in [-0.1, -0.05) is 60.1 Å². The molecule has 4 fully saturated rings. The quantitative estimate of drug-likeness (QED) is 0.389. The Labute approximate surface area is 192 Å². The summed E-state index contributed by atoms with van der Waals surface area (Å²) in [7, 11) is 0. The summed E-state index contributed by atoms with van der Waals surface area (Å²) in [6, 6.07) is 0. The van der Waals surface area contributed by atoms with E-state index in [4.69, 9.17) is 0 Å². The van der Waals surface area contributed by atoms with Crippen molar-refractivity contribution in [1.82, 2.24) is 0 Å². The Kier molecular flexibility index (Phi) is 4.82. The average Bonchev–Trinajstić information content (AvgIpc) is 2.69. The van der Waals surface area contributed by atoms with E-state index in [1.54, 1.807) is 5.57 Å². The van der Waals surface area contributed by atoms with Crippen molar-refractivity contribution in [3.8, 4) is 0 Å². The molecule has 10 atom stereocenters. The van der Waals surface area contributed by atoms with E-state index in [1.165, 1.54) is 51.4 Å². The molecule has 4 saturated carbocycles. The Morgan fingerprint density at radius 2 is 1.52 bits per heavy atom. The maximum atomic E-state index is 10.9. The lowest BCUT2D eigenvalue weighted by atomic mass is 9.31. The van der Waals surface area contributed by atoms with Gasteiger partial charge < -0.3 is 5.11 Å². The van der Waals surface area contributed by atoms with Crippen LogP contribution in [-0.4, -0.2) is 11.2 Å². The lowest BCUT2D eigenvalue weighted by Gasteiger charge is -2.73. The minimum Gasteiger partial charge on any atom is -0.393 e. The van der Waals surface area contributed by atoms with Crippen molar-refractivity contribution >= 4 is 0 Å². The second-order valence-electron chi connectivity index (χ2n) is 14.7. The molecule has 1 N–H and O–H groups in total. The highest BCUT2D eigenvalue weighted by atomic mass is 16.3. The van der Waals surface area contributed by atoms with E-state index in [0.717, 1.165) is 30.1 Å². The highest BCUT2D eigenvalue weighted by molar-refractivity contribution is 5.22. The van der Waals surface area contributed by atoms with Crippen LogP contribution >= 0.6 is 0 Å². The number of aliphatic hydroxyl groups is 1. The summed E-state index contributed by atoms with van der Waals surface area (Å²) in [5.41, 5.74) is 3.58. The third-order valence-corrected chi connectivity index (χ3v) is 13.5. The molecule has 0 heterocycles. The van der Waals surface area contributed by atoms with E-state index >= 15 is 0 Å². The van der Waals surface area contributed by atoms with Crippen LogP contribution in [0.15, 0.2) is 11.6 Å². The molecule has 0 aliphatic heterocycles. The van der Waals surface area contributed by atoms with Gasteiger partial charge in [0.2, 0.25) is 0 Å². The number of rotatable bonds is 0. The van der Waals surface area contributed by atoms with Gasteiger partial charge in [-0.05, 0) is 121 Å². The second-order valence-corrected chi connectivity index (χ2v) is 14.7. The average molecular weight is 427 g/mol. The van der Waals surface area contributed by atoms with Gasteiger partial charge in [0.05, 0.1) is 6.10 Å². The smallest absolute Gasteiger partial charge is 0.0594 e. The fraction of sp³-hybridized carbons (Fsp3) is 0.933. The summed E-state index contributed by atoms with van der Waals surface area (Å²) in [6.45, 7) is 20.5. The largest absolute Gasteiger partial charge is 0.393 e. The standard InChI is InChI=1S/C30H50O/c1-19-11-14-27(5)17-18-29(7)21(25(27)20(19)2)9-10-23-28(6)15-13-24(31)26(3,4)22(28)12-16-30(23,29)8/h11,20-25,31H,9-10,12-18H2,1-8H3/t20-,21-,22+,23-,24+,25-,27+,28+,29-,30-/m1/s1. The molecule has 0 aromatic heterocycles. The van der Waals surface area contributed by atoms with Crippen LogP contribution in [0.5, 0.6) is 0 Å². The van der Waals surface area contributed by atoms with Crippen LogP contribution in [0.4, 0.5) is 0 Å². The van der Waals surface area contributed by atoms with Crippen molar-refractivity contribution in [2.24, 2.45) is 56.7 Å². The van der Waals surface area contributed by atoms with Gasteiger partial charge >= 0.3 is 0 Å². The number of allylic oxidation sites excluding steroid dienone is 2. The Bertz CT molecular complexity index is 779. The zero-order valence-corrected chi connectivity index (χ0v) is 21.9. The number of fused-ring (bicyclic) bond motifs is 7. The molecule has 0 bridgehead atoms. The second kappa shape index (κ2) is 6.64. The zero-order valence-electron chi connectivity index (χ0n) is 21.9. The molecule has 31 heavy (non-hydrogen) atoms. The van der Waals surface area contributed by atoms with Crippen LogP contribution < -0.4 is 0 Å². The van der Waals surface area contributed by atoms with Gasteiger partial charge in [0.15, 0.2) is 0 Å². The first kappa shape index (κ1) is 22.5. The first-order chi connectivity index (χ1) is 14.3. The van der Waals surface area contributed by atoms with Gasteiger partial charge in [-0.15, -0.1) is 0 Å². The van der Waals surface area contributed by atoms with Crippen molar-refractivity contribution in [3.63, 3.8) is 0 Å². The Morgan fingerprint density at radius 1 is 0.806 bits per heavy atom. The SMILES string of the molecule is CC1=CC[C@@]2(C)CC[C@]3(C)[C@H](CC[C@@H]4[C@@]5(C)CC[C@H](O)C(C)(C)[C@@H]5CC[C@]43C)[C@H]2[C@@H]1C. The summed E-state index contributed by atoms with van der Waals surface area (Å²) < 4.78 is 0. The normalized spacial score (nSPS) is 58.3. The predicted molar refractivity (Wildman–Crippen MR) is 131 cm³/mol. The van der Waals surface area contributed by atoms with E-state index in [0.29, 0.717) is 27.6 Å². The van der Waals surface area contributed by atoms with Crippen LogP contribution in [-0.2, 0) is 0 Å². The highest BCUT2D eigenvalue weighted by Crippen LogP contribution is 2.76. The molecular formula is C30H50O. The molecule has 1 heteroatoms. The van der Waals surface area contributed by atoms with E-state index in [-0.39, 0.29) is 11.5 Å². The maximum Gasteiger partial charge on any atom is 0.0594 e. The maximum absolute atomic E-state index is 10.9.